The summed E-state index contributed by atoms with van der Waals surface area (Å²) in [6.45, 7) is 4.29. The molecule has 0 saturated carbocycles. The minimum Gasteiger partial charge on any atom is -0.368 e. The lowest BCUT2D eigenvalue weighted by atomic mass is 10.5. The molecule has 1 rings (SSSR count). The molecule has 0 amide bonds. The van der Waals surface area contributed by atoms with Gasteiger partial charge < -0.3 is 11.1 Å². The number of nitrogens with two attached hydrogens (primary N) is 1. The highest BCUT2D eigenvalue weighted by Gasteiger charge is 1.94. The van der Waals surface area contributed by atoms with Crippen LogP contribution in [0.15, 0.2) is 23.3 Å². The first-order valence-electron chi connectivity index (χ1n) is 3.34. The van der Waals surface area contributed by atoms with Gasteiger partial charge in [0.1, 0.15) is 5.82 Å². The molecule has 3 N–H and O–H groups in total. The van der Waals surface area contributed by atoms with Crippen LogP contribution in [-0.4, -0.2) is 16.5 Å². The summed E-state index contributed by atoms with van der Waals surface area (Å²) in [5.74, 6) is 0.961. The van der Waals surface area contributed by atoms with E-state index >= 15 is 0 Å². The summed E-state index contributed by atoms with van der Waals surface area (Å²) in [6.07, 6.45) is 1.60. The standard InChI is InChI=1S/C7H9BrN4/c1-5(8)4-11-6-2-3-10-7(9)12-6/h2-3H,1,4H2,(H3,9,10,11,12). The van der Waals surface area contributed by atoms with Crippen LogP contribution in [0.2, 0.25) is 0 Å². The van der Waals surface area contributed by atoms with Gasteiger partial charge in [0, 0.05) is 17.2 Å². The SMILES string of the molecule is C=C(Br)CNc1ccnc(N)n1. The maximum Gasteiger partial charge on any atom is 0.221 e. The van der Waals surface area contributed by atoms with Crippen molar-refractivity contribution in [1.29, 1.82) is 0 Å². The number of nitrogens with zero attached hydrogens (tertiary/aromatic N) is 2. The molecule has 0 unspecified atom stereocenters. The quantitative estimate of drug-likeness (QED) is 0.821. The van der Waals surface area contributed by atoms with Crippen LogP contribution < -0.4 is 11.1 Å². The third-order valence-corrected chi connectivity index (χ3v) is 1.42. The van der Waals surface area contributed by atoms with Crippen molar-refractivity contribution in [1.82, 2.24) is 9.97 Å². The van der Waals surface area contributed by atoms with Crippen molar-refractivity contribution in [2.75, 3.05) is 17.6 Å². The molecule has 0 aromatic carbocycles. The topological polar surface area (TPSA) is 63.8 Å². The van der Waals surface area contributed by atoms with E-state index in [2.05, 4.69) is 37.8 Å². The summed E-state index contributed by atoms with van der Waals surface area (Å²) in [7, 11) is 0. The number of halogens is 1. The average molecular weight is 229 g/mol. The highest BCUT2D eigenvalue weighted by Crippen LogP contribution is 2.05. The number of hydrogen-bond acceptors (Lipinski definition) is 4. The van der Waals surface area contributed by atoms with Crippen LogP contribution in [0.4, 0.5) is 11.8 Å². The molecule has 0 aliphatic rings. The fraction of sp³-hybridized carbons (Fsp3) is 0.143. The van der Waals surface area contributed by atoms with Gasteiger partial charge in [-0.05, 0) is 6.07 Å². The highest BCUT2D eigenvalue weighted by atomic mass is 79.9. The molecule has 1 aromatic rings. The van der Waals surface area contributed by atoms with Gasteiger partial charge in [-0.15, -0.1) is 0 Å². The largest absolute Gasteiger partial charge is 0.368 e. The normalized spacial score (nSPS) is 9.42. The van der Waals surface area contributed by atoms with Crippen molar-refractivity contribution >= 4 is 27.7 Å². The second-order valence-corrected chi connectivity index (χ2v) is 3.29. The van der Waals surface area contributed by atoms with Crippen molar-refractivity contribution < 1.29 is 0 Å². The van der Waals surface area contributed by atoms with Crippen molar-refractivity contribution in [2.24, 2.45) is 0 Å². The zero-order chi connectivity index (χ0) is 8.97. The average Bonchev–Trinajstić information content (AvgIpc) is 2.01. The molecule has 0 fully saturated rings. The third kappa shape index (κ3) is 2.87. The monoisotopic (exact) mass is 228 g/mol. The van der Waals surface area contributed by atoms with Crippen LogP contribution >= 0.6 is 15.9 Å². The number of anilines is 2. The molecular formula is C7H9BrN4. The van der Waals surface area contributed by atoms with Crippen molar-refractivity contribution in [3.8, 4) is 0 Å². The molecule has 0 bridgehead atoms. The Morgan fingerprint density at radius 1 is 1.75 bits per heavy atom. The van der Waals surface area contributed by atoms with E-state index in [0.717, 1.165) is 4.48 Å². The van der Waals surface area contributed by atoms with Gasteiger partial charge >= 0.3 is 0 Å². The molecule has 1 heterocycles. The first-order valence-corrected chi connectivity index (χ1v) is 4.13. The second-order valence-electron chi connectivity index (χ2n) is 2.17. The highest BCUT2D eigenvalue weighted by molar-refractivity contribution is 9.11. The van der Waals surface area contributed by atoms with Crippen LogP contribution in [0.25, 0.3) is 0 Å². The summed E-state index contributed by atoms with van der Waals surface area (Å²) < 4.78 is 0.861. The number of hydrogen-bond donors (Lipinski definition) is 2. The first-order chi connectivity index (χ1) is 5.68. The van der Waals surface area contributed by atoms with Gasteiger partial charge in [0.2, 0.25) is 5.95 Å². The Bertz CT molecular complexity index is 286. The summed E-state index contributed by atoms with van der Waals surface area (Å²) in [6, 6.07) is 1.74. The molecule has 0 aliphatic heterocycles. The van der Waals surface area contributed by atoms with E-state index in [1.165, 1.54) is 0 Å². The van der Waals surface area contributed by atoms with Gasteiger partial charge in [-0.1, -0.05) is 22.5 Å². The zero-order valence-corrected chi connectivity index (χ0v) is 8.00. The first kappa shape index (κ1) is 8.99. The number of nitrogen functional groups attached to an aromatic ring is 1. The molecule has 0 aliphatic carbocycles. The minimum atomic E-state index is 0.264. The maximum atomic E-state index is 5.37. The predicted octanol–water partition coefficient (Wildman–Crippen LogP) is 1.38. The van der Waals surface area contributed by atoms with Crippen LogP contribution in [0.1, 0.15) is 0 Å². The van der Waals surface area contributed by atoms with Crippen LogP contribution in [0, 0.1) is 0 Å². The summed E-state index contributed by atoms with van der Waals surface area (Å²) in [5.41, 5.74) is 5.37. The molecule has 0 spiro atoms. The number of nitrogens with one attached hydrogen (secondary N) is 1. The van der Waals surface area contributed by atoms with E-state index in [1.807, 2.05) is 0 Å². The van der Waals surface area contributed by atoms with Crippen molar-refractivity contribution in [3.63, 3.8) is 0 Å². The van der Waals surface area contributed by atoms with E-state index < -0.39 is 0 Å². The van der Waals surface area contributed by atoms with Crippen LogP contribution in [0.3, 0.4) is 0 Å². The van der Waals surface area contributed by atoms with Crippen LogP contribution in [-0.2, 0) is 0 Å². The molecule has 1 aromatic heterocycles. The van der Waals surface area contributed by atoms with E-state index in [1.54, 1.807) is 12.3 Å². The van der Waals surface area contributed by atoms with Crippen LogP contribution in [0.5, 0.6) is 0 Å². The summed E-state index contributed by atoms with van der Waals surface area (Å²) in [4.78, 5) is 7.70. The lowest BCUT2D eigenvalue weighted by Gasteiger charge is -2.03. The molecule has 64 valence electrons. The zero-order valence-electron chi connectivity index (χ0n) is 6.42. The molecule has 0 radical (unpaired) electrons. The van der Waals surface area contributed by atoms with E-state index in [0.29, 0.717) is 12.4 Å². The Morgan fingerprint density at radius 3 is 3.08 bits per heavy atom. The third-order valence-electron chi connectivity index (χ3n) is 1.14. The second kappa shape index (κ2) is 4.06. The molecule has 0 saturated heterocycles. The summed E-state index contributed by atoms with van der Waals surface area (Å²) >= 11 is 3.22. The van der Waals surface area contributed by atoms with E-state index in [9.17, 15) is 0 Å². The molecular weight excluding hydrogens is 220 g/mol. The Kier molecular flexibility index (Phi) is 3.04. The van der Waals surface area contributed by atoms with E-state index in [4.69, 9.17) is 5.73 Å². The van der Waals surface area contributed by atoms with Gasteiger partial charge in [0.25, 0.3) is 0 Å². The van der Waals surface area contributed by atoms with Gasteiger partial charge in [0.05, 0.1) is 0 Å². The Balaban J connectivity index is 2.57. The van der Waals surface area contributed by atoms with Gasteiger partial charge in [0.15, 0.2) is 0 Å². The number of rotatable bonds is 3. The fourth-order valence-corrected chi connectivity index (χ4v) is 0.799. The Hall–Kier alpha value is -1.10. The molecule has 0 atom stereocenters. The van der Waals surface area contributed by atoms with Crippen molar-refractivity contribution in [3.05, 3.63) is 23.3 Å². The molecule has 4 nitrogen and oxygen atoms in total. The predicted molar refractivity (Wildman–Crippen MR) is 53.0 cm³/mol. The fourth-order valence-electron chi connectivity index (χ4n) is 0.659. The summed E-state index contributed by atoms with van der Waals surface area (Å²) in [5, 5.41) is 3.01. The van der Waals surface area contributed by atoms with Gasteiger partial charge in [-0.3, -0.25) is 0 Å². The van der Waals surface area contributed by atoms with Gasteiger partial charge in [-0.2, -0.15) is 4.98 Å². The molecule has 5 heteroatoms. The Morgan fingerprint density at radius 2 is 2.50 bits per heavy atom. The lowest BCUT2D eigenvalue weighted by molar-refractivity contribution is 1.15. The molecule has 12 heavy (non-hydrogen) atoms. The lowest BCUT2D eigenvalue weighted by Crippen LogP contribution is -2.04. The number of aromatic nitrogens is 2. The minimum absolute atomic E-state index is 0.264. The maximum absolute atomic E-state index is 5.37. The van der Waals surface area contributed by atoms with E-state index in [-0.39, 0.29) is 5.95 Å². The van der Waals surface area contributed by atoms with Gasteiger partial charge in [-0.25, -0.2) is 4.98 Å². The Labute approximate surface area is 79.0 Å². The smallest absolute Gasteiger partial charge is 0.221 e. The van der Waals surface area contributed by atoms with Crippen molar-refractivity contribution in [2.45, 2.75) is 0 Å².